The number of hydrogen-bond acceptors (Lipinski definition) is 5. The van der Waals surface area contributed by atoms with Crippen LogP contribution in [0.15, 0.2) is 30.3 Å². The molecule has 0 aromatic heterocycles. The number of Topliss-reactive ketones (excluding diaryl/α,β-unsaturated/α-hetero) is 1. The van der Waals surface area contributed by atoms with E-state index in [-0.39, 0.29) is 5.56 Å². The van der Waals surface area contributed by atoms with Crippen LogP contribution >= 0.6 is 12.0 Å². The van der Waals surface area contributed by atoms with Gasteiger partial charge in [-0.15, -0.1) is 0 Å². The first-order valence-electron chi connectivity index (χ1n) is 6.96. The van der Waals surface area contributed by atoms with Crippen LogP contribution in [0, 0.1) is 0 Å². The molecule has 0 saturated carbocycles. The van der Waals surface area contributed by atoms with Gasteiger partial charge in [-0.1, -0.05) is 30.3 Å². The Kier molecular flexibility index (Phi) is 7.17. The summed E-state index contributed by atoms with van der Waals surface area (Å²) in [5.74, 6) is -25.6. The summed E-state index contributed by atoms with van der Waals surface area (Å²) < 4.78 is 167. The molecule has 0 aliphatic carbocycles. The van der Waals surface area contributed by atoms with Crippen LogP contribution in [-0.4, -0.2) is 49.2 Å². The van der Waals surface area contributed by atoms with Crippen LogP contribution in [0.2, 0.25) is 0 Å². The number of carbonyl (C=O) groups is 1. The third-order valence-corrected chi connectivity index (χ3v) is 5.61. The Labute approximate surface area is 164 Å². The Balaban J connectivity index is 3.10. The van der Waals surface area contributed by atoms with Crippen molar-refractivity contribution in [2.24, 2.45) is 0 Å². The molecule has 4 nitrogen and oxygen atoms in total. The van der Waals surface area contributed by atoms with Crippen molar-refractivity contribution < 1.29 is 65.1 Å². The van der Waals surface area contributed by atoms with Crippen molar-refractivity contribution in [1.29, 1.82) is 0 Å². The highest BCUT2D eigenvalue weighted by atomic mass is 32.3. The maximum absolute atomic E-state index is 13.5. The molecular formula is C13H7F11O4S2. The number of benzene rings is 1. The number of ketones is 1. The molecule has 0 aliphatic rings. The largest absolute Gasteiger partial charge is 0.460 e. The van der Waals surface area contributed by atoms with Gasteiger partial charge in [-0.2, -0.15) is 60.3 Å². The predicted molar refractivity (Wildman–Crippen MR) is 79.1 cm³/mol. The Hall–Kier alpha value is -1.62. The lowest BCUT2D eigenvalue weighted by Crippen LogP contribution is -2.67. The van der Waals surface area contributed by atoms with E-state index < -0.39 is 62.9 Å². The minimum Gasteiger partial charge on any atom is -0.293 e. The van der Waals surface area contributed by atoms with Crippen molar-refractivity contribution in [3.63, 3.8) is 0 Å². The fourth-order valence-electron chi connectivity index (χ4n) is 1.61. The van der Waals surface area contributed by atoms with E-state index in [0.717, 1.165) is 12.1 Å². The van der Waals surface area contributed by atoms with Crippen LogP contribution in [0.1, 0.15) is 10.4 Å². The van der Waals surface area contributed by atoms with Gasteiger partial charge in [0.15, 0.2) is 5.78 Å². The molecule has 1 aromatic carbocycles. The molecule has 0 N–H and O–H groups in total. The highest BCUT2D eigenvalue weighted by molar-refractivity contribution is 8.05. The van der Waals surface area contributed by atoms with Crippen molar-refractivity contribution in [2.45, 2.75) is 29.2 Å². The SMILES string of the molecule is O=C(CSOS(=O)(=O)C(F)(F)C(F)(F)C(F)(F)C(F)(F)C(F)(F)F)c1ccccc1. The van der Waals surface area contributed by atoms with Gasteiger partial charge in [0, 0.05) is 17.6 Å². The first kappa shape index (κ1) is 26.4. The Morgan fingerprint density at radius 3 is 1.70 bits per heavy atom. The van der Waals surface area contributed by atoms with Gasteiger partial charge in [-0.05, 0) is 0 Å². The van der Waals surface area contributed by atoms with Crippen LogP contribution in [0.25, 0.3) is 0 Å². The summed E-state index contributed by atoms with van der Waals surface area (Å²) in [5, 5.41) is -7.25. The summed E-state index contributed by atoms with van der Waals surface area (Å²) in [6.07, 6.45) is -7.43. The third kappa shape index (κ3) is 4.37. The molecule has 0 unspecified atom stereocenters. The molecule has 0 saturated heterocycles. The van der Waals surface area contributed by atoms with E-state index in [2.05, 4.69) is 3.63 Å². The van der Waals surface area contributed by atoms with E-state index in [0.29, 0.717) is 0 Å². The lowest BCUT2D eigenvalue weighted by molar-refractivity contribution is -0.413. The molecular weight excluding hydrogens is 493 g/mol. The quantitative estimate of drug-likeness (QED) is 0.274. The molecule has 0 fully saturated rings. The molecule has 0 atom stereocenters. The molecule has 0 spiro atoms. The zero-order chi connectivity index (χ0) is 23.8. The standard InChI is InChI=1S/C13H7F11O4S2/c14-9(15,10(16,17)12(20,21)22)11(18,19)13(23,24)30(26,27)28-29-6-8(25)7-4-2-1-3-5-7/h1-5H,6H2. The topological polar surface area (TPSA) is 60.4 Å². The summed E-state index contributed by atoms with van der Waals surface area (Å²) in [7, 11) is -7.24. The van der Waals surface area contributed by atoms with E-state index in [1.807, 2.05) is 0 Å². The number of carbonyl (C=O) groups excluding carboxylic acids is 1. The van der Waals surface area contributed by atoms with E-state index >= 15 is 0 Å². The van der Waals surface area contributed by atoms with Crippen molar-refractivity contribution in [3.8, 4) is 0 Å². The molecule has 0 amide bonds. The number of halogens is 11. The second kappa shape index (κ2) is 8.14. The minimum absolute atomic E-state index is 0.139. The van der Waals surface area contributed by atoms with E-state index in [9.17, 15) is 61.5 Å². The van der Waals surface area contributed by atoms with E-state index in [4.69, 9.17) is 0 Å². The van der Waals surface area contributed by atoms with Gasteiger partial charge >= 0.3 is 39.3 Å². The third-order valence-electron chi connectivity index (χ3n) is 3.25. The summed E-state index contributed by atoms with van der Waals surface area (Å²) in [6.45, 7) is 0. The van der Waals surface area contributed by atoms with Crippen molar-refractivity contribution >= 4 is 27.9 Å². The van der Waals surface area contributed by atoms with Crippen LogP contribution in [0.3, 0.4) is 0 Å². The normalized spacial score (nSPS) is 14.6. The Morgan fingerprint density at radius 1 is 0.800 bits per heavy atom. The molecule has 1 aromatic rings. The maximum atomic E-state index is 13.5. The van der Waals surface area contributed by atoms with E-state index in [1.165, 1.54) is 18.2 Å². The Morgan fingerprint density at radius 2 is 1.27 bits per heavy atom. The zero-order valence-corrected chi connectivity index (χ0v) is 15.3. The van der Waals surface area contributed by atoms with Gasteiger partial charge in [-0.25, -0.2) is 0 Å². The highest BCUT2D eigenvalue weighted by Gasteiger charge is 2.90. The van der Waals surface area contributed by atoms with Gasteiger partial charge in [0.05, 0.1) is 5.75 Å². The van der Waals surface area contributed by atoms with Crippen molar-refractivity contribution in [2.75, 3.05) is 5.75 Å². The average Bonchev–Trinajstić information content (AvgIpc) is 2.60. The molecule has 0 radical (unpaired) electrons. The molecule has 0 aliphatic heterocycles. The smallest absolute Gasteiger partial charge is 0.293 e. The van der Waals surface area contributed by atoms with Crippen LogP contribution in [0.4, 0.5) is 48.3 Å². The van der Waals surface area contributed by atoms with Gasteiger partial charge in [-0.3, -0.25) is 4.79 Å². The Bertz CT molecular complexity index is 867. The second-order valence-electron chi connectivity index (χ2n) is 5.31. The summed E-state index contributed by atoms with van der Waals surface area (Å²) in [5.41, 5.74) is -0.139. The monoisotopic (exact) mass is 500 g/mol. The van der Waals surface area contributed by atoms with Gasteiger partial charge < -0.3 is 0 Å². The maximum Gasteiger partial charge on any atom is 0.460 e. The van der Waals surface area contributed by atoms with Crippen molar-refractivity contribution in [1.82, 2.24) is 0 Å². The number of rotatable bonds is 9. The second-order valence-corrected chi connectivity index (χ2v) is 7.80. The molecule has 30 heavy (non-hydrogen) atoms. The molecule has 0 heterocycles. The molecule has 1 rings (SSSR count). The lowest BCUT2D eigenvalue weighted by Gasteiger charge is -2.36. The zero-order valence-electron chi connectivity index (χ0n) is 13.7. The molecule has 17 heteroatoms. The lowest BCUT2D eigenvalue weighted by atomic mass is 10.0. The van der Waals surface area contributed by atoms with Crippen LogP contribution in [0.5, 0.6) is 0 Å². The minimum atomic E-state index is -7.90. The number of alkyl halides is 11. The first-order valence-corrected chi connectivity index (χ1v) is 9.28. The number of hydrogen-bond donors (Lipinski definition) is 0. The highest BCUT2D eigenvalue weighted by Crippen LogP contribution is 2.58. The van der Waals surface area contributed by atoms with Crippen LogP contribution in [-0.2, 0) is 13.7 Å². The fourth-order valence-corrected chi connectivity index (χ4v) is 3.36. The van der Waals surface area contributed by atoms with Crippen LogP contribution < -0.4 is 0 Å². The first-order chi connectivity index (χ1) is 13.2. The van der Waals surface area contributed by atoms with Gasteiger partial charge in [0.25, 0.3) is 0 Å². The molecule has 0 bridgehead atoms. The summed E-state index contributed by atoms with van der Waals surface area (Å²) in [4.78, 5) is 11.6. The van der Waals surface area contributed by atoms with Gasteiger partial charge in [0.1, 0.15) is 0 Å². The summed E-state index contributed by atoms with van der Waals surface area (Å²) >= 11 is -0.776. The fraction of sp³-hybridized carbons (Fsp3) is 0.462. The van der Waals surface area contributed by atoms with Gasteiger partial charge in [0.2, 0.25) is 0 Å². The van der Waals surface area contributed by atoms with Crippen molar-refractivity contribution in [3.05, 3.63) is 35.9 Å². The molecule has 172 valence electrons. The predicted octanol–water partition coefficient (Wildman–Crippen LogP) is 4.92. The van der Waals surface area contributed by atoms with E-state index in [1.54, 1.807) is 0 Å². The average molecular weight is 500 g/mol. The summed E-state index contributed by atoms with van der Waals surface area (Å²) in [6, 6.07) is 6.37.